The Bertz CT molecular complexity index is 1900. The van der Waals surface area contributed by atoms with E-state index in [1.807, 2.05) is 91.8 Å². The van der Waals surface area contributed by atoms with Gasteiger partial charge in [0.25, 0.3) is 0 Å². The molecule has 1 aliphatic rings. The summed E-state index contributed by atoms with van der Waals surface area (Å²) in [6.45, 7) is 6.50. The average molecular weight is 632 g/mol. The molecule has 0 saturated heterocycles. The van der Waals surface area contributed by atoms with Crippen molar-refractivity contribution in [1.82, 2.24) is 4.31 Å². The summed E-state index contributed by atoms with van der Waals surface area (Å²) in [4.78, 5) is 13.5. The minimum atomic E-state index is -4.56. The topological polar surface area (TPSA) is 51.9 Å². The molecule has 0 fully saturated rings. The van der Waals surface area contributed by atoms with Gasteiger partial charge in [-0.2, -0.15) is 13.2 Å². The maximum atomic E-state index is 13.3. The molecule has 4 aromatic carbocycles. The summed E-state index contributed by atoms with van der Waals surface area (Å²) in [6.07, 6.45) is -4.56. The molecule has 45 heavy (non-hydrogen) atoms. The number of hydrogen-bond donors (Lipinski definition) is 0. The van der Waals surface area contributed by atoms with Crippen molar-refractivity contribution in [3.63, 3.8) is 0 Å². The fourth-order valence-electron chi connectivity index (χ4n) is 5.65. The van der Waals surface area contributed by atoms with E-state index in [1.165, 1.54) is 18.0 Å². The number of fused-ring (bicyclic) bond motifs is 2. The standard InChI is InChI=1S/C36H32F3NO4S/c1-22-9-10-23-7-5-6-8-29(23)33(22)45-40(20-28-15-16-32(44-28)36(37,38)39)19-26-13-11-25(18-31(26)42-4)24-12-14-27-21-43-34(41)35(2,3)30(27)17-24/h5-18H,19-21H2,1-4H3. The maximum absolute atomic E-state index is 13.3. The van der Waals surface area contributed by atoms with Gasteiger partial charge < -0.3 is 13.9 Å². The van der Waals surface area contributed by atoms with Crippen LogP contribution in [0.5, 0.6) is 5.75 Å². The van der Waals surface area contributed by atoms with Crippen molar-refractivity contribution in [1.29, 1.82) is 0 Å². The van der Waals surface area contributed by atoms with Crippen LogP contribution in [0.2, 0.25) is 0 Å². The van der Waals surface area contributed by atoms with Gasteiger partial charge in [0.05, 0.1) is 19.1 Å². The number of cyclic esters (lactones) is 1. The van der Waals surface area contributed by atoms with E-state index in [1.54, 1.807) is 7.11 Å². The number of furan rings is 1. The first-order chi connectivity index (χ1) is 21.4. The van der Waals surface area contributed by atoms with Gasteiger partial charge in [-0.25, -0.2) is 4.31 Å². The van der Waals surface area contributed by atoms with Crippen LogP contribution >= 0.6 is 11.9 Å². The molecule has 5 aromatic rings. The Hall–Kier alpha value is -4.21. The van der Waals surface area contributed by atoms with E-state index in [0.717, 1.165) is 55.1 Å². The van der Waals surface area contributed by atoms with Crippen LogP contribution in [-0.2, 0) is 40.8 Å². The van der Waals surface area contributed by atoms with Gasteiger partial charge in [-0.3, -0.25) is 4.79 Å². The number of alkyl halides is 3. The Morgan fingerprint density at radius 2 is 1.69 bits per heavy atom. The van der Waals surface area contributed by atoms with Crippen LogP contribution in [0.15, 0.2) is 94.2 Å². The molecule has 0 radical (unpaired) electrons. The molecule has 0 atom stereocenters. The summed E-state index contributed by atoms with van der Waals surface area (Å²) in [6, 6.07) is 26.4. The second-order valence-electron chi connectivity index (χ2n) is 11.7. The molecule has 6 rings (SSSR count). The molecule has 5 nitrogen and oxygen atoms in total. The highest BCUT2D eigenvalue weighted by Crippen LogP contribution is 2.40. The van der Waals surface area contributed by atoms with E-state index in [4.69, 9.17) is 13.9 Å². The molecule has 0 saturated carbocycles. The lowest BCUT2D eigenvalue weighted by molar-refractivity contribution is -0.153. The highest BCUT2D eigenvalue weighted by molar-refractivity contribution is 7.97. The SMILES string of the molecule is COc1cc(-c2ccc3c(c2)C(C)(C)C(=O)OC3)ccc1CN(Cc1ccc(C(F)(F)F)o1)Sc1c(C)ccc2ccccc12. The lowest BCUT2D eigenvalue weighted by atomic mass is 9.79. The van der Waals surface area contributed by atoms with Gasteiger partial charge >= 0.3 is 12.1 Å². The van der Waals surface area contributed by atoms with Gasteiger partial charge in [0.1, 0.15) is 18.1 Å². The average Bonchev–Trinajstić information content (AvgIpc) is 3.50. The Balaban J connectivity index is 1.34. The van der Waals surface area contributed by atoms with E-state index in [9.17, 15) is 18.0 Å². The van der Waals surface area contributed by atoms with E-state index < -0.39 is 17.4 Å². The predicted molar refractivity (Wildman–Crippen MR) is 169 cm³/mol. The fourth-order valence-corrected chi connectivity index (χ4v) is 6.80. The summed E-state index contributed by atoms with van der Waals surface area (Å²) in [5.74, 6) is -0.428. The summed E-state index contributed by atoms with van der Waals surface area (Å²) >= 11 is 1.48. The van der Waals surface area contributed by atoms with Gasteiger partial charge in [0.15, 0.2) is 0 Å². The lowest BCUT2D eigenvalue weighted by Crippen LogP contribution is -2.36. The molecule has 0 amide bonds. The van der Waals surface area contributed by atoms with Crippen molar-refractivity contribution >= 4 is 28.7 Å². The largest absolute Gasteiger partial charge is 0.496 e. The minimum Gasteiger partial charge on any atom is -0.496 e. The van der Waals surface area contributed by atoms with E-state index in [0.29, 0.717) is 12.3 Å². The van der Waals surface area contributed by atoms with E-state index >= 15 is 0 Å². The van der Waals surface area contributed by atoms with Crippen LogP contribution < -0.4 is 4.74 Å². The molecule has 2 heterocycles. The first kappa shape index (κ1) is 30.8. The lowest BCUT2D eigenvalue weighted by Gasteiger charge is -2.31. The van der Waals surface area contributed by atoms with Crippen molar-refractivity contribution in [2.45, 2.75) is 57.0 Å². The number of halogens is 3. The van der Waals surface area contributed by atoms with Crippen LogP contribution in [0.4, 0.5) is 13.2 Å². The number of carbonyl (C=O) groups excluding carboxylic acids is 1. The molecule has 1 aromatic heterocycles. The number of ether oxygens (including phenoxy) is 2. The van der Waals surface area contributed by atoms with Crippen LogP contribution in [0.1, 0.15) is 47.6 Å². The Morgan fingerprint density at radius 3 is 2.44 bits per heavy atom. The molecular formula is C36H32F3NO4S. The molecule has 1 aliphatic heterocycles. The summed E-state index contributed by atoms with van der Waals surface area (Å²) in [5, 5.41) is 2.13. The van der Waals surface area contributed by atoms with Crippen LogP contribution in [0.3, 0.4) is 0 Å². The number of benzene rings is 4. The van der Waals surface area contributed by atoms with Crippen molar-refractivity contribution in [3.05, 3.63) is 119 Å². The number of nitrogens with zero attached hydrogens (tertiary/aromatic N) is 1. The van der Waals surface area contributed by atoms with Gasteiger partial charge in [-0.15, -0.1) is 0 Å². The minimum absolute atomic E-state index is 0.129. The van der Waals surface area contributed by atoms with Crippen molar-refractivity contribution < 1.29 is 31.9 Å². The summed E-state index contributed by atoms with van der Waals surface area (Å²) in [5.41, 5.74) is 4.92. The van der Waals surface area contributed by atoms with Crippen LogP contribution in [0, 0.1) is 6.92 Å². The zero-order chi connectivity index (χ0) is 31.9. The second-order valence-corrected chi connectivity index (χ2v) is 12.8. The molecule has 0 spiro atoms. The summed E-state index contributed by atoms with van der Waals surface area (Å²) in [7, 11) is 1.60. The Kier molecular flexibility index (Phi) is 8.18. The quantitative estimate of drug-likeness (QED) is 0.126. The van der Waals surface area contributed by atoms with Crippen molar-refractivity contribution in [3.8, 4) is 16.9 Å². The smallest absolute Gasteiger partial charge is 0.449 e. The van der Waals surface area contributed by atoms with Gasteiger partial charge in [0.2, 0.25) is 5.76 Å². The maximum Gasteiger partial charge on any atom is 0.449 e. The molecule has 0 bridgehead atoms. The number of carbonyl (C=O) groups is 1. The molecule has 232 valence electrons. The monoisotopic (exact) mass is 631 g/mol. The van der Waals surface area contributed by atoms with E-state index in [2.05, 4.69) is 6.07 Å². The first-order valence-electron chi connectivity index (χ1n) is 14.5. The third-order valence-electron chi connectivity index (χ3n) is 8.19. The zero-order valence-electron chi connectivity index (χ0n) is 25.3. The normalized spacial score (nSPS) is 14.4. The predicted octanol–water partition coefficient (Wildman–Crippen LogP) is 9.48. The number of aryl methyl sites for hydroxylation is 1. The van der Waals surface area contributed by atoms with Crippen molar-refractivity contribution in [2.24, 2.45) is 0 Å². The molecular weight excluding hydrogens is 599 g/mol. The molecule has 9 heteroatoms. The Labute approximate surface area is 264 Å². The number of methoxy groups -OCH3 is 1. The zero-order valence-corrected chi connectivity index (χ0v) is 26.1. The summed E-state index contributed by atoms with van der Waals surface area (Å²) < 4.78 is 58.4. The second kappa shape index (κ2) is 11.9. The number of esters is 1. The molecule has 0 aliphatic carbocycles. The molecule has 0 N–H and O–H groups in total. The fraction of sp³-hybridized carbons (Fsp3) is 0.250. The van der Waals surface area contributed by atoms with Crippen LogP contribution in [0.25, 0.3) is 21.9 Å². The highest BCUT2D eigenvalue weighted by atomic mass is 32.2. The first-order valence-corrected chi connectivity index (χ1v) is 15.3. The Morgan fingerprint density at radius 1 is 0.933 bits per heavy atom. The third kappa shape index (κ3) is 6.19. The van der Waals surface area contributed by atoms with Crippen molar-refractivity contribution in [2.75, 3.05) is 7.11 Å². The van der Waals surface area contributed by atoms with Gasteiger partial charge in [-0.05, 0) is 95.6 Å². The third-order valence-corrected chi connectivity index (χ3v) is 9.43. The van der Waals surface area contributed by atoms with Crippen LogP contribution in [-0.4, -0.2) is 17.4 Å². The highest BCUT2D eigenvalue weighted by Gasteiger charge is 2.37. The number of rotatable bonds is 8. The van der Waals surface area contributed by atoms with Gasteiger partial charge in [-0.1, -0.05) is 60.7 Å². The molecule has 0 unspecified atom stereocenters. The number of hydrogen-bond acceptors (Lipinski definition) is 6. The van der Waals surface area contributed by atoms with Gasteiger partial charge in [0, 0.05) is 17.0 Å². The van der Waals surface area contributed by atoms with E-state index in [-0.39, 0.29) is 24.9 Å².